The third-order valence-electron chi connectivity index (χ3n) is 2.40. The van der Waals surface area contributed by atoms with E-state index < -0.39 is 0 Å². The number of hydrogen-bond acceptors (Lipinski definition) is 1. The van der Waals surface area contributed by atoms with E-state index in [2.05, 4.69) is 4.99 Å². The van der Waals surface area contributed by atoms with Crippen LogP contribution in [0.2, 0.25) is 0 Å². The maximum Gasteiger partial charge on any atom is 0.195 e. The van der Waals surface area contributed by atoms with Crippen LogP contribution in [0.5, 0.6) is 0 Å². The van der Waals surface area contributed by atoms with Crippen molar-refractivity contribution in [2.24, 2.45) is 10.7 Å². The lowest BCUT2D eigenvalue weighted by atomic mass is 10.3. The van der Waals surface area contributed by atoms with Crippen molar-refractivity contribution >= 4 is 11.6 Å². The van der Waals surface area contributed by atoms with Gasteiger partial charge in [0.1, 0.15) is 5.82 Å². The first-order chi connectivity index (χ1) is 7.16. The SMILES string of the molecule is CN(C(N)=NC1CC1)c1cccc(F)c1. The number of guanidine groups is 1. The molecule has 80 valence electrons. The highest BCUT2D eigenvalue weighted by molar-refractivity contribution is 5.94. The summed E-state index contributed by atoms with van der Waals surface area (Å²) >= 11 is 0. The Hall–Kier alpha value is -1.58. The van der Waals surface area contributed by atoms with Crippen LogP contribution in [0.4, 0.5) is 10.1 Å². The first-order valence-electron chi connectivity index (χ1n) is 4.99. The Morgan fingerprint density at radius 2 is 2.27 bits per heavy atom. The fourth-order valence-corrected chi connectivity index (χ4v) is 1.29. The van der Waals surface area contributed by atoms with Crippen LogP contribution in [0.15, 0.2) is 29.3 Å². The standard InChI is InChI=1S/C11H14FN3/c1-15(11(13)14-9-5-6-9)10-4-2-3-8(12)7-10/h2-4,7,9H,5-6H2,1H3,(H2,13,14). The zero-order chi connectivity index (χ0) is 10.8. The average Bonchev–Trinajstić information content (AvgIpc) is 3.00. The first kappa shape index (κ1) is 9.96. The number of nitrogens with zero attached hydrogens (tertiary/aromatic N) is 2. The predicted molar refractivity (Wildman–Crippen MR) is 59.4 cm³/mol. The number of anilines is 1. The normalized spacial score (nSPS) is 16.5. The molecule has 0 radical (unpaired) electrons. The Morgan fingerprint density at radius 1 is 1.53 bits per heavy atom. The van der Waals surface area contributed by atoms with Gasteiger partial charge in [-0.2, -0.15) is 0 Å². The molecule has 0 unspecified atom stereocenters. The van der Waals surface area contributed by atoms with E-state index in [9.17, 15) is 4.39 Å². The van der Waals surface area contributed by atoms with E-state index in [-0.39, 0.29) is 5.82 Å². The van der Waals surface area contributed by atoms with E-state index in [0.717, 1.165) is 18.5 Å². The zero-order valence-electron chi connectivity index (χ0n) is 8.65. The molecule has 0 heterocycles. The van der Waals surface area contributed by atoms with Crippen molar-refractivity contribution in [3.8, 4) is 0 Å². The maximum atomic E-state index is 13.0. The largest absolute Gasteiger partial charge is 0.370 e. The summed E-state index contributed by atoms with van der Waals surface area (Å²) in [4.78, 5) is 5.99. The molecule has 3 nitrogen and oxygen atoms in total. The van der Waals surface area contributed by atoms with Gasteiger partial charge in [0.2, 0.25) is 0 Å². The van der Waals surface area contributed by atoms with Crippen LogP contribution < -0.4 is 10.6 Å². The Labute approximate surface area is 88.4 Å². The molecule has 0 atom stereocenters. The lowest BCUT2D eigenvalue weighted by molar-refractivity contribution is 0.628. The highest BCUT2D eigenvalue weighted by atomic mass is 19.1. The lowest BCUT2D eigenvalue weighted by Gasteiger charge is -2.18. The molecule has 15 heavy (non-hydrogen) atoms. The van der Waals surface area contributed by atoms with Crippen molar-refractivity contribution in [3.05, 3.63) is 30.1 Å². The number of benzene rings is 1. The Morgan fingerprint density at radius 3 is 2.87 bits per heavy atom. The van der Waals surface area contributed by atoms with Crippen molar-refractivity contribution in [2.45, 2.75) is 18.9 Å². The molecule has 1 aliphatic carbocycles. The van der Waals surface area contributed by atoms with Gasteiger partial charge in [-0.1, -0.05) is 6.07 Å². The van der Waals surface area contributed by atoms with Crippen LogP contribution in [-0.2, 0) is 0 Å². The van der Waals surface area contributed by atoms with Gasteiger partial charge in [-0.05, 0) is 31.0 Å². The summed E-state index contributed by atoms with van der Waals surface area (Å²) in [7, 11) is 1.79. The number of rotatable bonds is 2. The molecule has 1 aromatic rings. The van der Waals surface area contributed by atoms with Gasteiger partial charge in [-0.25, -0.2) is 9.38 Å². The topological polar surface area (TPSA) is 41.6 Å². The van der Waals surface area contributed by atoms with Gasteiger partial charge in [0, 0.05) is 12.7 Å². The summed E-state index contributed by atoms with van der Waals surface area (Å²) in [6.07, 6.45) is 2.22. The summed E-state index contributed by atoms with van der Waals surface area (Å²) in [6.45, 7) is 0. The van der Waals surface area contributed by atoms with Crippen molar-refractivity contribution in [3.63, 3.8) is 0 Å². The molecule has 0 amide bonds. The molecular weight excluding hydrogens is 193 g/mol. The van der Waals surface area contributed by atoms with Gasteiger partial charge < -0.3 is 10.6 Å². The minimum atomic E-state index is -0.265. The highest BCUT2D eigenvalue weighted by Crippen LogP contribution is 2.24. The maximum absolute atomic E-state index is 13.0. The van der Waals surface area contributed by atoms with E-state index in [0.29, 0.717) is 12.0 Å². The van der Waals surface area contributed by atoms with Gasteiger partial charge in [-0.15, -0.1) is 0 Å². The Balaban J connectivity index is 2.15. The van der Waals surface area contributed by atoms with Crippen LogP contribution in [0, 0.1) is 5.82 Å². The van der Waals surface area contributed by atoms with Gasteiger partial charge >= 0.3 is 0 Å². The van der Waals surface area contributed by atoms with Gasteiger partial charge in [0.15, 0.2) is 5.96 Å². The molecule has 0 bridgehead atoms. The number of halogens is 1. The minimum absolute atomic E-state index is 0.265. The highest BCUT2D eigenvalue weighted by Gasteiger charge is 2.21. The molecule has 0 aliphatic heterocycles. The summed E-state index contributed by atoms with van der Waals surface area (Å²) in [6, 6.07) is 6.69. The minimum Gasteiger partial charge on any atom is -0.370 e. The third-order valence-corrected chi connectivity index (χ3v) is 2.40. The van der Waals surface area contributed by atoms with Gasteiger partial charge in [-0.3, -0.25) is 0 Å². The van der Waals surface area contributed by atoms with Crippen LogP contribution in [0.25, 0.3) is 0 Å². The fourth-order valence-electron chi connectivity index (χ4n) is 1.29. The van der Waals surface area contributed by atoms with E-state index in [1.165, 1.54) is 12.1 Å². The number of hydrogen-bond donors (Lipinski definition) is 1. The van der Waals surface area contributed by atoms with Crippen LogP contribution in [0.1, 0.15) is 12.8 Å². The van der Waals surface area contributed by atoms with Crippen LogP contribution in [-0.4, -0.2) is 19.0 Å². The second-order valence-corrected chi connectivity index (χ2v) is 3.76. The molecule has 1 saturated carbocycles. The Kier molecular flexibility index (Phi) is 2.58. The summed E-state index contributed by atoms with van der Waals surface area (Å²) in [5, 5.41) is 0. The van der Waals surface area contributed by atoms with Gasteiger partial charge in [0.25, 0.3) is 0 Å². The van der Waals surface area contributed by atoms with Crippen molar-refractivity contribution < 1.29 is 4.39 Å². The monoisotopic (exact) mass is 207 g/mol. The summed E-state index contributed by atoms with van der Waals surface area (Å²) in [5.41, 5.74) is 6.51. The van der Waals surface area contributed by atoms with Crippen molar-refractivity contribution in [1.29, 1.82) is 0 Å². The average molecular weight is 207 g/mol. The van der Waals surface area contributed by atoms with Crippen LogP contribution in [0.3, 0.4) is 0 Å². The van der Waals surface area contributed by atoms with E-state index in [4.69, 9.17) is 5.73 Å². The molecule has 0 aromatic heterocycles. The quantitative estimate of drug-likeness (QED) is 0.593. The predicted octanol–water partition coefficient (Wildman–Crippen LogP) is 1.74. The van der Waals surface area contributed by atoms with Crippen molar-refractivity contribution in [2.75, 3.05) is 11.9 Å². The van der Waals surface area contributed by atoms with Gasteiger partial charge in [0.05, 0.1) is 6.04 Å². The molecule has 1 fully saturated rings. The molecule has 0 spiro atoms. The fraction of sp³-hybridized carbons (Fsp3) is 0.364. The third kappa shape index (κ3) is 2.46. The van der Waals surface area contributed by atoms with E-state index in [1.807, 2.05) is 0 Å². The molecule has 0 saturated heterocycles. The second kappa shape index (κ2) is 3.88. The molecular formula is C11H14FN3. The van der Waals surface area contributed by atoms with Crippen molar-refractivity contribution in [1.82, 2.24) is 0 Å². The summed E-state index contributed by atoms with van der Waals surface area (Å²) < 4.78 is 13.0. The van der Waals surface area contributed by atoms with E-state index >= 15 is 0 Å². The van der Waals surface area contributed by atoms with Crippen LogP contribution >= 0.6 is 0 Å². The molecule has 1 aromatic carbocycles. The second-order valence-electron chi connectivity index (χ2n) is 3.76. The van der Waals surface area contributed by atoms with E-state index in [1.54, 1.807) is 24.1 Å². The first-order valence-corrected chi connectivity index (χ1v) is 4.99. The Bertz CT molecular complexity index is 385. The smallest absolute Gasteiger partial charge is 0.195 e. The zero-order valence-corrected chi connectivity index (χ0v) is 8.65. The number of nitrogens with two attached hydrogens (primary N) is 1. The molecule has 1 aliphatic rings. The molecule has 2 rings (SSSR count). The number of aliphatic imine (C=N–C) groups is 1. The summed E-state index contributed by atoms with van der Waals surface area (Å²) in [5.74, 6) is 0.182. The molecule has 4 heteroatoms. The molecule has 2 N–H and O–H groups in total. The lowest BCUT2D eigenvalue weighted by Crippen LogP contribution is -2.34.